The summed E-state index contributed by atoms with van der Waals surface area (Å²) in [5, 5.41) is 5.95. The summed E-state index contributed by atoms with van der Waals surface area (Å²) in [4.78, 5) is 18.4. The number of imidazole rings is 1. The van der Waals surface area contributed by atoms with E-state index in [1.165, 1.54) is 0 Å². The smallest absolute Gasteiger partial charge is 0.231 e. The molecule has 1 aromatic rings. The summed E-state index contributed by atoms with van der Waals surface area (Å²) >= 11 is 0. The van der Waals surface area contributed by atoms with Gasteiger partial charge in [0.15, 0.2) is 0 Å². The molecule has 0 saturated carbocycles. The van der Waals surface area contributed by atoms with Crippen molar-refractivity contribution in [2.75, 3.05) is 18.4 Å². The summed E-state index contributed by atoms with van der Waals surface area (Å²) in [5.41, 5.74) is 0. The third kappa shape index (κ3) is 2.11. The average Bonchev–Trinajstić information content (AvgIpc) is 2.72. The lowest BCUT2D eigenvalue weighted by Crippen LogP contribution is -2.37. The van der Waals surface area contributed by atoms with E-state index in [9.17, 15) is 4.79 Å². The third-order valence-corrected chi connectivity index (χ3v) is 2.41. The van der Waals surface area contributed by atoms with Gasteiger partial charge in [-0.15, -0.1) is 0 Å². The quantitative estimate of drug-likeness (QED) is 0.636. The SMILES string of the molecule is O=C(Nc1ncc[nH]1)[C@@H]1CCCNC1. The maximum absolute atomic E-state index is 11.7. The number of rotatable bonds is 2. The van der Waals surface area contributed by atoms with Crippen molar-refractivity contribution in [1.29, 1.82) is 0 Å². The Labute approximate surface area is 82.3 Å². The van der Waals surface area contributed by atoms with Crippen LogP contribution in [0.15, 0.2) is 12.4 Å². The van der Waals surface area contributed by atoms with E-state index < -0.39 is 0 Å². The van der Waals surface area contributed by atoms with Gasteiger partial charge in [0, 0.05) is 18.9 Å². The zero-order chi connectivity index (χ0) is 9.80. The molecule has 1 aliphatic heterocycles. The van der Waals surface area contributed by atoms with Gasteiger partial charge in [-0.1, -0.05) is 0 Å². The predicted molar refractivity (Wildman–Crippen MR) is 52.8 cm³/mol. The maximum Gasteiger partial charge on any atom is 0.231 e. The molecule has 76 valence electrons. The lowest BCUT2D eigenvalue weighted by Gasteiger charge is -2.21. The van der Waals surface area contributed by atoms with Gasteiger partial charge in [-0.3, -0.25) is 10.1 Å². The molecule has 0 unspecified atom stereocenters. The highest BCUT2D eigenvalue weighted by molar-refractivity contribution is 5.91. The fourth-order valence-electron chi connectivity index (χ4n) is 1.63. The Kier molecular flexibility index (Phi) is 2.78. The molecular formula is C9H14N4O. The van der Waals surface area contributed by atoms with Gasteiger partial charge in [0.1, 0.15) is 0 Å². The van der Waals surface area contributed by atoms with Crippen molar-refractivity contribution in [3.05, 3.63) is 12.4 Å². The van der Waals surface area contributed by atoms with Crippen molar-refractivity contribution >= 4 is 11.9 Å². The van der Waals surface area contributed by atoms with E-state index in [0.29, 0.717) is 5.95 Å². The molecule has 1 saturated heterocycles. The van der Waals surface area contributed by atoms with Gasteiger partial charge in [-0.2, -0.15) is 0 Å². The lowest BCUT2D eigenvalue weighted by atomic mass is 9.99. The molecule has 0 aliphatic carbocycles. The fourth-order valence-corrected chi connectivity index (χ4v) is 1.63. The molecule has 3 N–H and O–H groups in total. The molecule has 1 amide bonds. The standard InChI is InChI=1S/C9H14N4O/c14-8(7-2-1-3-10-6-7)13-9-11-4-5-12-9/h4-5,7,10H,1-3,6H2,(H2,11,12,13,14)/t7-/m1/s1. The van der Waals surface area contributed by atoms with Crippen molar-refractivity contribution < 1.29 is 4.79 Å². The molecule has 1 aromatic heterocycles. The molecule has 14 heavy (non-hydrogen) atoms. The number of carbonyl (C=O) groups is 1. The number of hydrogen-bond acceptors (Lipinski definition) is 3. The Morgan fingerprint density at radius 2 is 2.57 bits per heavy atom. The highest BCUT2D eigenvalue weighted by Crippen LogP contribution is 2.11. The molecule has 1 aliphatic rings. The van der Waals surface area contributed by atoms with Crippen LogP contribution >= 0.6 is 0 Å². The summed E-state index contributed by atoms with van der Waals surface area (Å²) in [6.45, 7) is 1.79. The molecule has 0 aromatic carbocycles. The first-order valence-corrected chi connectivity index (χ1v) is 4.87. The molecule has 0 spiro atoms. The summed E-state index contributed by atoms with van der Waals surface area (Å²) in [7, 11) is 0. The summed E-state index contributed by atoms with van der Waals surface area (Å²) in [6.07, 6.45) is 5.33. The molecule has 2 heterocycles. The second-order valence-corrected chi connectivity index (χ2v) is 3.47. The van der Waals surface area contributed by atoms with E-state index in [-0.39, 0.29) is 11.8 Å². The van der Waals surface area contributed by atoms with E-state index in [2.05, 4.69) is 20.6 Å². The van der Waals surface area contributed by atoms with Crippen LogP contribution in [0.5, 0.6) is 0 Å². The molecule has 0 bridgehead atoms. The Morgan fingerprint density at radius 1 is 1.64 bits per heavy atom. The van der Waals surface area contributed by atoms with Crippen molar-refractivity contribution in [3.63, 3.8) is 0 Å². The third-order valence-electron chi connectivity index (χ3n) is 2.41. The van der Waals surface area contributed by atoms with Crippen LogP contribution in [0.3, 0.4) is 0 Å². The Balaban J connectivity index is 1.88. The summed E-state index contributed by atoms with van der Waals surface area (Å²) in [6, 6.07) is 0. The minimum Gasteiger partial charge on any atom is -0.331 e. The molecule has 2 rings (SSSR count). The minimum atomic E-state index is 0.0483. The van der Waals surface area contributed by atoms with Crippen LogP contribution in [-0.2, 0) is 4.79 Å². The zero-order valence-electron chi connectivity index (χ0n) is 7.92. The predicted octanol–water partition coefficient (Wildman–Crippen LogP) is 0.348. The minimum absolute atomic E-state index is 0.0483. The Morgan fingerprint density at radius 3 is 3.21 bits per heavy atom. The normalized spacial score (nSPS) is 21.9. The topological polar surface area (TPSA) is 69.8 Å². The Hall–Kier alpha value is -1.36. The van der Waals surface area contributed by atoms with Crippen molar-refractivity contribution in [1.82, 2.24) is 15.3 Å². The molecule has 0 radical (unpaired) electrons. The molecule has 1 atom stereocenters. The van der Waals surface area contributed by atoms with Crippen molar-refractivity contribution in [2.24, 2.45) is 5.92 Å². The molecule has 5 heteroatoms. The number of nitrogens with one attached hydrogen (secondary N) is 3. The first kappa shape index (κ1) is 9.21. The number of amides is 1. The van der Waals surface area contributed by atoms with Crippen LogP contribution in [0.2, 0.25) is 0 Å². The van der Waals surface area contributed by atoms with Gasteiger partial charge in [0.05, 0.1) is 5.92 Å². The van der Waals surface area contributed by atoms with Gasteiger partial charge in [-0.25, -0.2) is 4.98 Å². The van der Waals surface area contributed by atoms with Crippen LogP contribution in [0.1, 0.15) is 12.8 Å². The number of aromatic nitrogens is 2. The second-order valence-electron chi connectivity index (χ2n) is 3.47. The maximum atomic E-state index is 11.7. The lowest BCUT2D eigenvalue weighted by molar-refractivity contribution is -0.120. The molecule has 1 fully saturated rings. The van der Waals surface area contributed by atoms with E-state index in [0.717, 1.165) is 25.9 Å². The van der Waals surface area contributed by atoms with Crippen LogP contribution < -0.4 is 10.6 Å². The van der Waals surface area contributed by atoms with E-state index in [1.54, 1.807) is 12.4 Å². The largest absolute Gasteiger partial charge is 0.331 e. The van der Waals surface area contributed by atoms with Gasteiger partial charge in [0.2, 0.25) is 11.9 Å². The first-order valence-electron chi connectivity index (χ1n) is 4.87. The highest BCUT2D eigenvalue weighted by Gasteiger charge is 2.21. The Bertz CT molecular complexity index is 290. The van der Waals surface area contributed by atoms with Crippen molar-refractivity contribution in [2.45, 2.75) is 12.8 Å². The monoisotopic (exact) mass is 194 g/mol. The van der Waals surface area contributed by atoms with Gasteiger partial charge < -0.3 is 10.3 Å². The molecule has 5 nitrogen and oxygen atoms in total. The fraction of sp³-hybridized carbons (Fsp3) is 0.556. The number of carbonyl (C=O) groups excluding carboxylic acids is 1. The van der Waals surface area contributed by atoms with E-state index >= 15 is 0 Å². The van der Waals surface area contributed by atoms with E-state index in [4.69, 9.17) is 0 Å². The second kappa shape index (κ2) is 4.23. The van der Waals surface area contributed by atoms with Crippen molar-refractivity contribution in [3.8, 4) is 0 Å². The molecular weight excluding hydrogens is 180 g/mol. The number of anilines is 1. The summed E-state index contributed by atoms with van der Waals surface area (Å²) < 4.78 is 0. The van der Waals surface area contributed by atoms with Gasteiger partial charge >= 0.3 is 0 Å². The average molecular weight is 194 g/mol. The van der Waals surface area contributed by atoms with Gasteiger partial charge in [0.25, 0.3) is 0 Å². The van der Waals surface area contributed by atoms with Crippen LogP contribution in [0.25, 0.3) is 0 Å². The first-order chi connectivity index (χ1) is 6.86. The number of piperidine rings is 1. The van der Waals surface area contributed by atoms with E-state index in [1.807, 2.05) is 0 Å². The number of nitrogens with zero attached hydrogens (tertiary/aromatic N) is 1. The van der Waals surface area contributed by atoms with Crippen LogP contribution in [-0.4, -0.2) is 29.0 Å². The van der Waals surface area contributed by atoms with Gasteiger partial charge in [-0.05, 0) is 19.4 Å². The zero-order valence-corrected chi connectivity index (χ0v) is 7.92. The van der Waals surface area contributed by atoms with Crippen LogP contribution in [0.4, 0.5) is 5.95 Å². The number of H-pyrrole nitrogens is 1. The van der Waals surface area contributed by atoms with Crippen LogP contribution in [0, 0.1) is 5.92 Å². The summed E-state index contributed by atoms with van der Waals surface area (Å²) in [5.74, 6) is 0.654. The number of aromatic amines is 1. The number of hydrogen-bond donors (Lipinski definition) is 3. The highest BCUT2D eigenvalue weighted by atomic mass is 16.2.